The van der Waals surface area contributed by atoms with E-state index < -0.39 is 0 Å². The van der Waals surface area contributed by atoms with Crippen molar-refractivity contribution in [3.05, 3.63) is 76.8 Å². The van der Waals surface area contributed by atoms with E-state index in [1.54, 1.807) is 0 Å². The van der Waals surface area contributed by atoms with Gasteiger partial charge in [0.05, 0.1) is 10.7 Å². The second kappa shape index (κ2) is 10.1. The van der Waals surface area contributed by atoms with Gasteiger partial charge in [0.2, 0.25) is 0 Å². The molecule has 3 nitrogen and oxygen atoms in total. The quantitative estimate of drug-likeness (QED) is 0.458. The SMILES string of the molecule is C=CCCc1cc(C(=C)CCN2CCN(c3cccc(C)c3Cl)CC2)cc2c1N(C)CC2. The number of halogens is 1. The minimum absolute atomic E-state index is 0.892. The molecule has 0 unspecified atom stereocenters. The second-order valence-corrected chi connectivity index (χ2v) is 9.61. The number of aryl methyl sites for hydroxylation is 2. The summed E-state index contributed by atoms with van der Waals surface area (Å²) in [4.78, 5) is 7.38. The van der Waals surface area contributed by atoms with Crippen molar-refractivity contribution in [3.8, 4) is 0 Å². The van der Waals surface area contributed by atoms with Gasteiger partial charge in [0.1, 0.15) is 0 Å². The maximum atomic E-state index is 6.55. The summed E-state index contributed by atoms with van der Waals surface area (Å²) in [7, 11) is 2.21. The molecule has 170 valence electrons. The Bertz CT molecular complexity index is 988. The molecule has 0 spiro atoms. The molecule has 2 aromatic carbocycles. The maximum Gasteiger partial charge on any atom is 0.0668 e. The summed E-state index contributed by atoms with van der Waals surface area (Å²) in [6.07, 6.45) is 6.25. The van der Waals surface area contributed by atoms with Crippen LogP contribution in [0.25, 0.3) is 5.57 Å². The van der Waals surface area contributed by atoms with Gasteiger partial charge >= 0.3 is 0 Å². The molecule has 2 heterocycles. The topological polar surface area (TPSA) is 9.72 Å². The third kappa shape index (κ3) is 4.89. The zero-order valence-corrected chi connectivity index (χ0v) is 20.4. The summed E-state index contributed by atoms with van der Waals surface area (Å²) >= 11 is 6.55. The summed E-state index contributed by atoms with van der Waals surface area (Å²) in [6, 6.07) is 11.1. The average Bonchev–Trinajstić information content (AvgIpc) is 3.19. The van der Waals surface area contributed by atoms with E-state index in [-0.39, 0.29) is 0 Å². The first-order valence-corrected chi connectivity index (χ1v) is 12.2. The molecule has 0 bridgehead atoms. The number of rotatable bonds is 8. The highest BCUT2D eigenvalue weighted by atomic mass is 35.5. The van der Waals surface area contributed by atoms with Crippen LogP contribution in [0, 0.1) is 6.92 Å². The largest absolute Gasteiger partial charge is 0.374 e. The highest BCUT2D eigenvalue weighted by Crippen LogP contribution is 2.35. The standard InChI is InChI=1S/C28H36ClN3/c1-5-6-9-23-19-25(20-24-12-13-30(4)28(23)24)21(2)11-14-31-15-17-32(18-16-31)26-10-7-8-22(3)27(26)29/h5,7-8,10,19-20H,1-2,6,9,11-18H2,3-4H3. The fourth-order valence-electron chi connectivity index (χ4n) is 5.02. The van der Waals surface area contributed by atoms with Crippen LogP contribution < -0.4 is 9.80 Å². The van der Waals surface area contributed by atoms with Crippen molar-refractivity contribution in [2.24, 2.45) is 0 Å². The number of nitrogens with zero attached hydrogens (tertiary/aromatic N) is 3. The molecule has 4 heteroatoms. The van der Waals surface area contributed by atoms with Gasteiger partial charge in [-0.05, 0) is 78.6 Å². The van der Waals surface area contributed by atoms with Gasteiger partial charge in [-0.25, -0.2) is 0 Å². The fraction of sp³-hybridized carbons (Fsp3) is 0.429. The van der Waals surface area contributed by atoms with Gasteiger partial charge in [0.15, 0.2) is 0 Å². The van der Waals surface area contributed by atoms with E-state index in [2.05, 4.69) is 72.2 Å². The summed E-state index contributed by atoms with van der Waals surface area (Å²) in [5.74, 6) is 0. The third-order valence-corrected chi connectivity index (χ3v) is 7.50. The molecule has 1 fully saturated rings. The first kappa shape index (κ1) is 22.9. The van der Waals surface area contributed by atoms with Crippen LogP contribution in [0.2, 0.25) is 5.02 Å². The number of anilines is 2. The van der Waals surface area contributed by atoms with Crippen LogP contribution in [-0.4, -0.2) is 51.2 Å². The summed E-state index contributed by atoms with van der Waals surface area (Å²) in [5, 5.41) is 0.892. The maximum absolute atomic E-state index is 6.55. The predicted octanol–water partition coefficient (Wildman–Crippen LogP) is 5.98. The van der Waals surface area contributed by atoms with Crippen molar-refractivity contribution in [2.75, 3.05) is 56.1 Å². The molecule has 1 saturated heterocycles. The number of fused-ring (bicyclic) bond motifs is 1. The van der Waals surface area contributed by atoms with E-state index in [9.17, 15) is 0 Å². The Balaban J connectivity index is 1.35. The fourth-order valence-corrected chi connectivity index (χ4v) is 5.26. The molecule has 0 saturated carbocycles. The van der Waals surface area contributed by atoms with E-state index in [1.165, 1.54) is 33.6 Å². The van der Waals surface area contributed by atoms with E-state index >= 15 is 0 Å². The summed E-state index contributed by atoms with van der Waals surface area (Å²) in [6.45, 7) is 16.8. The van der Waals surface area contributed by atoms with E-state index in [0.717, 1.165) is 75.5 Å². The molecule has 0 atom stereocenters. The average molecular weight is 450 g/mol. The lowest BCUT2D eigenvalue weighted by Crippen LogP contribution is -2.46. The highest BCUT2D eigenvalue weighted by Gasteiger charge is 2.22. The van der Waals surface area contributed by atoms with Crippen LogP contribution in [0.5, 0.6) is 0 Å². The molecule has 2 aromatic rings. The smallest absolute Gasteiger partial charge is 0.0668 e. The van der Waals surface area contributed by atoms with Crippen LogP contribution in [0.4, 0.5) is 11.4 Å². The van der Waals surface area contributed by atoms with E-state index in [4.69, 9.17) is 11.6 Å². The minimum Gasteiger partial charge on any atom is -0.374 e. The van der Waals surface area contributed by atoms with Crippen molar-refractivity contribution in [3.63, 3.8) is 0 Å². The van der Waals surface area contributed by atoms with Crippen LogP contribution in [0.15, 0.2) is 49.6 Å². The van der Waals surface area contributed by atoms with Crippen molar-refractivity contribution in [1.82, 2.24) is 4.90 Å². The zero-order chi connectivity index (χ0) is 22.7. The van der Waals surface area contributed by atoms with Gasteiger partial charge in [0, 0.05) is 52.0 Å². The number of benzene rings is 2. The molecular formula is C28H36ClN3. The van der Waals surface area contributed by atoms with Crippen LogP contribution in [0.1, 0.15) is 35.1 Å². The first-order valence-electron chi connectivity index (χ1n) is 11.9. The Morgan fingerprint density at radius 1 is 1.12 bits per heavy atom. The number of likely N-dealkylation sites (N-methyl/N-ethyl adjacent to an activating group) is 1. The molecule has 0 aromatic heterocycles. The number of hydrogen-bond acceptors (Lipinski definition) is 3. The van der Waals surface area contributed by atoms with Crippen molar-refractivity contribution in [1.29, 1.82) is 0 Å². The Morgan fingerprint density at radius 2 is 1.91 bits per heavy atom. The molecular weight excluding hydrogens is 414 g/mol. The molecule has 0 N–H and O–H groups in total. The van der Waals surface area contributed by atoms with Gasteiger partial charge in [-0.15, -0.1) is 6.58 Å². The summed E-state index contributed by atoms with van der Waals surface area (Å²) < 4.78 is 0. The van der Waals surface area contributed by atoms with Gasteiger partial charge in [-0.2, -0.15) is 0 Å². The molecule has 0 radical (unpaired) electrons. The number of hydrogen-bond donors (Lipinski definition) is 0. The lowest BCUT2D eigenvalue weighted by atomic mass is 9.94. The van der Waals surface area contributed by atoms with Gasteiger partial charge in [0.25, 0.3) is 0 Å². The van der Waals surface area contributed by atoms with E-state index in [0.29, 0.717) is 0 Å². The minimum atomic E-state index is 0.892. The Hall–Kier alpha value is -2.23. The normalized spacial score (nSPS) is 16.3. The van der Waals surface area contributed by atoms with Gasteiger partial charge in [-0.3, -0.25) is 4.90 Å². The highest BCUT2D eigenvalue weighted by molar-refractivity contribution is 6.34. The molecule has 32 heavy (non-hydrogen) atoms. The molecule has 2 aliphatic rings. The lowest BCUT2D eigenvalue weighted by Gasteiger charge is -2.36. The Labute approximate surface area is 199 Å². The number of piperazine rings is 1. The molecule has 0 amide bonds. The van der Waals surface area contributed by atoms with Crippen molar-refractivity contribution in [2.45, 2.75) is 32.6 Å². The van der Waals surface area contributed by atoms with Crippen LogP contribution >= 0.6 is 11.6 Å². The molecule has 4 rings (SSSR count). The molecule has 2 aliphatic heterocycles. The predicted molar refractivity (Wildman–Crippen MR) is 140 cm³/mol. The Kier molecular flexibility index (Phi) is 7.27. The van der Waals surface area contributed by atoms with Gasteiger partial charge in [-0.1, -0.05) is 36.4 Å². The van der Waals surface area contributed by atoms with Crippen LogP contribution in [0.3, 0.4) is 0 Å². The van der Waals surface area contributed by atoms with Crippen LogP contribution in [-0.2, 0) is 12.8 Å². The number of allylic oxidation sites excluding steroid dienone is 1. The monoisotopic (exact) mass is 449 g/mol. The lowest BCUT2D eigenvalue weighted by molar-refractivity contribution is 0.264. The van der Waals surface area contributed by atoms with Gasteiger partial charge < -0.3 is 9.80 Å². The second-order valence-electron chi connectivity index (χ2n) is 9.23. The Morgan fingerprint density at radius 3 is 2.66 bits per heavy atom. The summed E-state index contributed by atoms with van der Waals surface area (Å²) in [5.41, 5.74) is 9.27. The third-order valence-electron chi connectivity index (χ3n) is 7.01. The first-order chi connectivity index (χ1) is 15.5. The molecule has 0 aliphatic carbocycles. The van der Waals surface area contributed by atoms with E-state index in [1.807, 2.05) is 6.08 Å². The zero-order valence-electron chi connectivity index (χ0n) is 19.7. The van der Waals surface area contributed by atoms with Crippen molar-refractivity contribution >= 4 is 28.5 Å². The van der Waals surface area contributed by atoms with Crippen molar-refractivity contribution < 1.29 is 0 Å².